The maximum absolute atomic E-state index is 12.5. The van der Waals surface area contributed by atoms with Gasteiger partial charge >= 0.3 is 0 Å². The average Bonchev–Trinajstić information content (AvgIpc) is 3.13. The summed E-state index contributed by atoms with van der Waals surface area (Å²) in [6.07, 6.45) is 5.53. The molecule has 0 spiro atoms. The van der Waals surface area contributed by atoms with Gasteiger partial charge < -0.3 is 10.1 Å². The van der Waals surface area contributed by atoms with Crippen LogP contribution in [0, 0.1) is 0 Å². The maximum Gasteiger partial charge on any atom is 0.276 e. The van der Waals surface area contributed by atoms with Crippen LogP contribution in [-0.4, -0.2) is 45.0 Å². The molecule has 21 heavy (non-hydrogen) atoms. The van der Waals surface area contributed by atoms with Crippen LogP contribution in [0.2, 0.25) is 0 Å². The number of thiocarbonyl (C=S) groups is 1. The first-order valence-corrected chi connectivity index (χ1v) is 7.90. The molecule has 1 aromatic heterocycles. The molecule has 2 aliphatic heterocycles. The molecule has 3 rings (SSSR count). The Morgan fingerprint density at radius 1 is 1.67 bits per heavy atom. The summed E-state index contributed by atoms with van der Waals surface area (Å²) in [5.74, 6) is -0.122. The monoisotopic (exact) mass is 370 g/mol. The Bertz CT molecular complexity index is 602. The molecule has 1 aromatic rings. The molecular formula is C13H15BrN4O2S. The van der Waals surface area contributed by atoms with E-state index >= 15 is 0 Å². The zero-order valence-corrected chi connectivity index (χ0v) is 13.9. The summed E-state index contributed by atoms with van der Waals surface area (Å²) in [4.78, 5) is 14.0. The van der Waals surface area contributed by atoms with E-state index in [9.17, 15) is 4.79 Å². The van der Waals surface area contributed by atoms with Gasteiger partial charge in [-0.05, 0) is 47.1 Å². The molecule has 6 nitrogen and oxygen atoms in total. The van der Waals surface area contributed by atoms with Crippen molar-refractivity contribution in [2.24, 2.45) is 7.05 Å². The molecule has 0 bridgehead atoms. The Morgan fingerprint density at radius 3 is 3.10 bits per heavy atom. The van der Waals surface area contributed by atoms with Crippen LogP contribution in [0.5, 0.6) is 0 Å². The zero-order valence-electron chi connectivity index (χ0n) is 11.5. The van der Waals surface area contributed by atoms with Gasteiger partial charge in [0, 0.05) is 13.7 Å². The Kier molecular flexibility index (Phi) is 4.10. The third-order valence-corrected chi connectivity index (χ3v) is 4.52. The van der Waals surface area contributed by atoms with Crippen molar-refractivity contribution in [3.63, 3.8) is 0 Å². The average molecular weight is 371 g/mol. The van der Waals surface area contributed by atoms with Crippen molar-refractivity contribution < 1.29 is 9.53 Å². The van der Waals surface area contributed by atoms with E-state index in [1.165, 1.54) is 0 Å². The van der Waals surface area contributed by atoms with E-state index in [2.05, 4.69) is 26.3 Å². The first-order chi connectivity index (χ1) is 10.1. The largest absolute Gasteiger partial charge is 0.376 e. The number of carbonyl (C=O) groups is 1. The van der Waals surface area contributed by atoms with E-state index in [0.29, 0.717) is 17.4 Å². The first-order valence-electron chi connectivity index (χ1n) is 6.70. The van der Waals surface area contributed by atoms with Gasteiger partial charge in [-0.1, -0.05) is 0 Å². The molecule has 0 saturated carbocycles. The molecule has 0 unspecified atom stereocenters. The topological polar surface area (TPSA) is 59.4 Å². The van der Waals surface area contributed by atoms with Crippen molar-refractivity contribution in [1.82, 2.24) is 20.0 Å². The SMILES string of the molecule is Cn1ncc(Br)c1/C=C1/NC(=S)N(C[C@H]2CCCO2)C1=O. The van der Waals surface area contributed by atoms with Gasteiger partial charge in [0.05, 0.1) is 29.0 Å². The van der Waals surface area contributed by atoms with Crippen molar-refractivity contribution >= 4 is 45.2 Å². The van der Waals surface area contributed by atoms with Crippen molar-refractivity contribution in [1.29, 1.82) is 0 Å². The number of nitrogens with one attached hydrogen (secondary N) is 1. The number of hydrogen-bond acceptors (Lipinski definition) is 4. The number of carbonyl (C=O) groups excluding carboxylic acids is 1. The van der Waals surface area contributed by atoms with Crippen LogP contribution in [0.25, 0.3) is 6.08 Å². The number of aromatic nitrogens is 2. The van der Waals surface area contributed by atoms with Gasteiger partial charge in [0.25, 0.3) is 5.91 Å². The minimum atomic E-state index is -0.122. The van der Waals surface area contributed by atoms with E-state index in [4.69, 9.17) is 17.0 Å². The highest BCUT2D eigenvalue weighted by atomic mass is 79.9. The number of amides is 1. The highest BCUT2D eigenvalue weighted by molar-refractivity contribution is 9.10. The number of ether oxygens (including phenoxy) is 1. The van der Waals surface area contributed by atoms with E-state index in [0.717, 1.165) is 29.6 Å². The second kappa shape index (κ2) is 5.86. The molecule has 8 heteroatoms. The number of nitrogens with zero attached hydrogens (tertiary/aromatic N) is 3. The Labute approximate surface area is 136 Å². The van der Waals surface area contributed by atoms with E-state index in [1.54, 1.807) is 21.9 Å². The number of hydrogen-bond donors (Lipinski definition) is 1. The second-order valence-corrected chi connectivity index (χ2v) is 6.28. The molecule has 112 valence electrons. The lowest BCUT2D eigenvalue weighted by Gasteiger charge is -2.18. The van der Waals surface area contributed by atoms with Crippen LogP contribution in [0.3, 0.4) is 0 Å². The molecule has 1 amide bonds. The summed E-state index contributed by atoms with van der Waals surface area (Å²) < 4.78 is 8.09. The summed E-state index contributed by atoms with van der Waals surface area (Å²) in [5, 5.41) is 7.53. The fourth-order valence-corrected chi connectivity index (χ4v) is 3.18. The third-order valence-electron chi connectivity index (χ3n) is 3.59. The third kappa shape index (κ3) is 2.88. The van der Waals surface area contributed by atoms with Crippen molar-refractivity contribution in [2.75, 3.05) is 13.2 Å². The normalized spacial score (nSPS) is 24.2. The van der Waals surface area contributed by atoms with Crippen LogP contribution in [0.1, 0.15) is 18.5 Å². The molecule has 0 aliphatic carbocycles. The summed E-state index contributed by atoms with van der Waals surface area (Å²) in [6, 6.07) is 0. The molecule has 2 aliphatic rings. The van der Waals surface area contributed by atoms with Crippen LogP contribution in [-0.2, 0) is 16.6 Å². The molecule has 2 fully saturated rings. The van der Waals surface area contributed by atoms with Gasteiger partial charge in [-0.15, -0.1) is 0 Å². The molecular weight excluding hydrogens is 356 g/mol. The number of aryl methyl sites for hydroxylation is 1. The van der Waals surface area contributed by atoms with Crippen molar-refractivity contribution in [2.45, 2.75) is 18.9 Å². The lowest BCUT2D eigenvalue weighted by atomic mass is 10.2. The summed E-state index contributed by atoms with van der Waals surface area (Å²) >= 11 is 8.67. The van der Waals surface area contributed by atoms with Gasteiger partial charge in [-0.25, -0.2) is 0 Å². The van der Waals surface area contributed by atoms with E-state index < -0.39 is 0 Å². The molecule has 1 atom stereocenters. The maximum atomic E-state index is 12.5. The van der Waals surface area contributed by atoms with E-state index in [1.807, 2.05) is 7.05 Å². The highest BCUT2D eigenvalue weighted by Gasteiger charge is 2.33. The fourth-order valence-electron chi connectivity index (χ4n) is 2.45. The Morgan fingerprint density at radius 2 is 2.48 bits per heavy atom. The number of halogens is 1. The van der Waals surface area contributed by atoms with Gasteiger partial charge in [0.2, 0.25) is 0 Å². The van der Waals surface area contributed by atoms with Crippen LogP contribution < -0.4 is 5.32 Å². The highest BCUT2D eigenvalue weighted by Crippen LogP contribution is 2.22. The van der Waals surface area contributed by atoms with Crippen molar-refractivity contribution in [3.05, 3.63) is 22.1 Å². The molecule has 1 N–H and O–H groups in total. The Hall–Kier alpha value is -1.25. The summed E-state index contributed by atoms with van der Waals surface area (Å²) in [7, 11) is 1.82. The van der Waals surface area contributed by atoms with E-state index in [-0.39, 0.29) is 12.0 Å². The lowest BCUT2D eigenvalue weighted by molar-refractivity contribution is -0.123. The standard InChI is InChI=1S/C13H15BrN4O2S/c1-17-11(9(14)6-15-17)5-10-12(19)18(13(21)16-10)7-8-3-2-4-20-8/h5-6,8H,2-4,7H2,1H3,(H,16,21)/b10-5+/t8-/m1/s1. The molecule has 3 heterocycles. The van der Waals surface area contributed by atoms with Gasteiger partial charge in [-0.3, -0.25) is 14.4 Å². The number of rotatable bonds is 3. The summed E-state index contributed by atoms with van der Waals surface area (Å²) in [5.41, 5.74) is 1.27. The predicted molar refractivity (Wildman–Crippen MR) is 85.3 cm³/mol. The predicted octanol–water partition coefficient (Wildman–Crippen LogP) is 1.42. The fraction of sp³-hybridized carbons (Fsp3) is 0.462. The van der Waals surface area contributed by atoms with Crippen LogP contribution in [0.15, 0.2) is 16.4 Å². The zero-order chi connectivity index (χ0) is 15.0. The smallest absolute Gasteiger partial charge is 0.276 e. The minimum Gasteiger partial charge on any atom is -0.376 e. The van der Waals surface area contributed by atoms with Gasteiger partial charge in [0.15, 0.2) is 5.11 Å². The van der Waals surface area contributed by atoms with Crippen LogP contribution >= 0.6 is 28.1 Å². The van der Waals surface area contributed by atoms with Crippen LogP contribution in [0.4, 0.5) is 0 Å². The van der Waals surface area contributed by atoms with Gasteiger partial charge in [-0.2, -0.15) is 5.10 Å². The molecule has 2 saturated heterocycles. The molecule has 0 aromatic carbocycles. The van der Waals surface area contributed by atoms with Gasteiger partial charge in [0.1, 0.15) is 5.70 Å². The lowest BCUT2D eigenvalue weighted by Crippen LogP contribution is -2.37. The van der Waals surface area contributed by atoms with Crippen molar-refractivity contribution in [3.8, 4) is 0 Å². The molecule has 0 radical (unpaired) electrons. The minimum absolute atomic E-state index is 0.0801. The quantitative estimate of drug-likeness (QED) is 0.643. The summed E-state index contributed by atoms with van der Waals surface area (Å²) in [6.45, 7) is 1.27. The first kappa shape index (κ1) is 14.7. The Balaban J connectivity index is 1.79. The second-order valence-electron chi connectivity index (χ2n) is 5.04.